The third-order valence-corrected chi connectivity index (χ3v) is 10.5. The van der Waals surface area contributed by atoms with Crippen LogP contribution in [0.15, 0.2) is 174 Å². The molecule has 0 aliphatic heterocycles. The number of rotatable bonds is 6. The molecule has 10 aromatic rings. The van der Waals surface area contributed by atoms with Crippen molar-refractivity contribution in [2.75, 3.05) is 0 Å². The van der Waals surface area contributed by atoms with E-state index in [1.54, 1.807) is 11.3 Å². The zero-order valence-electron chi connectivity index (χ0n) is 27.8. The fourth-order valence-electron chi connectivity index (χ4n) is 6.83. The molecule has 3 aromatic heterocycles. The first-order chi connectivity index (χ1) is 25.7. The zero-order chi connectivity index (χ0) is 34.4. The van der Waals surface area contributed by atoms with Gasteiger partial charge in [0.25, 0.3) is 0 Å². The quantitative estimate of drug-likeness (QED) is 0.174. The van der Waals surface area contributed by atoms with Gasteiger partial charge < -0.3 is 4.42 Å². The maximum absolute atomic E-state index is 6.66. The number of benzene rings is 7. The lowest BCUT2D eigenvalue weighted by Gasteiger charge is -2.10. The van der Waals surface area contributed by atoms with Crippen LogP contribution in [-0.2, 0) is 0 Å². The van der Waals surface area contributed by atoms with E-state index in [1.807, 2.05) is 54.6 Å². The van der Waals surface area contributed by atoms with Gasteiger partial charge >= 0.3 is 0 Å². The van der Waals surface area contributed by atoms with E-state index in [0.29, 0.717) is 17.5 Å². The SMILES string of the molecule is c1ccc(-c2ccc(-c3nc(-c4ccccc4)nc(-c4cccc5oc6c(-c7ccc(-c8nc9ccccc9s8)cc7)cccc6c45)n3)cc2)cc1. The Morgan fingerprint density at radius 3 is 1.69 bits per heavy atom. The predicted octanol–water partition coefficient (Wildman–Crippen LogP) is 12.4. The lowest BCUT2D eigenvalue weighted by Crippen LogP contribution is -2.00. The molecule has 3 heterocycles. The van der Waals surface area contributed by atoms with Crippen LogP contribution in [0.2, 0.25) is 0 Å². The highest BCUT2D eigenvalue weighted by Crippen LogP contribution is 2.41. The monoisotopic (exact) mass is 684 g/mol. The molecule has 0 unspecified atom stereocenters. The molecule has 0 amide bonds. The number of nitrogens with zero attached hydrogens (tertiary/aromatic N) is 4. The van der Waals surface area contributed by atoms with Gasteiger partial charge in [0.1, 0.15) is 16.2 Å². The maximum Gasteiger partial charge on any atom is 0.164 e. The van der Waals surface area contributed by atoms with E-state index in [4.69, 9.17) is 24.4 Å². The van der Waals surface area contributed by atoms with Crippen molar-refractivity contribution in [3.05, 3.63) is 170 Å². The van der Waals surface area contributed by atoms with Crippen molar-refractivity contribution in [1.29, 1.82) is 0 Å². The third-order valence-electron chi connectivity index (χ3n) is 9.42. The van der Waals surface area contributed by atoms with E-state index in [1.165, 1.54) is 4.70 Å². The van der Waals surface area contributed by atoms with E-state index in [-0.39, 0.29) is 0 Å². The highest BCUT2D eigenvalue weighted by atomic mass is 32.1. The summed E-state index contributed by atoms with van der Waals surface area (Å²) in [7, 11) is 0. The molecular weight excluding hydrogens is 657 g/mol. The summed E-state index contributed by atoms with van der Waals surface area (Å²) < 4.78 is 7.85. The second-order valence-electron chi connectivity index (χ2n) is 12.6. The van der Waals surface area contributed by atoms with Gasteiger partial charge in [-0.05, 0) is 34.9 Å². The highest BCUT2D eigenvalue weighted by Gasteiger charge is 2.20. The van der Waals surface area contributed by atoms with Crippen molar-refractivity contribution >= 4 is 43.5 Å². The predicted molar refractivity (Wildman–Crippen MR) is 213 cm³/mol. The van der Waals surface area contributed by atoms with Crippen LogP contribution in [-0.4, -0.2) is 19.9 Å². The van der Waals surface area contributed by atoms with Gasteiger partial charge in [0.2, 0.25) is 0 Å². The largest absolute Gasteiger partial charge is 0.455 e. The van der Waals surface area contributed by atoms with E-state index >= 15 is 0 Å². The van der Waals surface area contributed by atoms with Crippen LogP contribution in [0, 0.1) is 0 Å². The van der Waals surface area contributed by atoms with Crippen molar-refractivity contribution in [3.63, 3.8) is 0 Å². The Labute approximate surface area is 303 Å². The number of thiazole rings is 1. The van der Waals surface area contributed by atoms with Crippen molar-refractivity contribution in [1.82, 2.24) is 19.9 Å². The van der Waals surface area contributed by atoms with E-state index in [0.717, 1.165) is 77.0 Å². The smallest absolute Gasteiger partial charge is 0.164 e. The molecule has 0 spiro atoms. The van der Waals surface area contributed by atoms with Crippen LogP contribution in [0.3, 0.4) is 0 Å². The topological polar surface area (TPSA) is 64.7 Å². The van der Waals surface area contributed by atoms with Crippen LogP contribution in [0.5, 0.6) is 0 Å². The molecular formula is C46H28N4OS. The van der Waals surface area contributed by atoms with E-state index in [9.17, 15) is 0 Å². The Morgan fingerprint density at radius 1 is 0.385 bits per heavy atom. The van der Waals surface area contributed by atoms with Crippen molar-refractivity contribution in [2.24, 2.45) is 0 Å². The van der Waals surface area contributed by atoms with Gasteiger partial charge in [0.05, 0.1) is 10.2 Å². The molecule has 244 valence electrons. The molecule has 0 fully saturated rings. The maximum atomic E-state index is 6.66. The van der Waals surface area contributed by atoms with Crippen LogP contribution in [0.25, 0.3) is 99.1 Å². The Balaban J connectivity index is 1.09. The van der Waals surface area contributed by atoms with Gasteiger partial charge in [0.15, 0.2) is 17.5 Å². The van der Waals surface area contributed by atoms with Crippen molar-refractivity contribution < 1.29 is 4.42 Å². The molecule has 52 heavy (non-hydrogen) atoms. The first-order valence-corrected chi connectivity index (χ1v) is 18.0. The molecule has 0 radical (unpaired) electrons. The fraction of sp³-hybridized carbons (Fsp3) is 0. The minimum absolute atomic E-state index is 0.592. The van der Waals surface area contributed by atoms with Gasteiger partial charge in [0, 0.05) is 38.6 Å². The van der Waals surface area contributed by atoms with E-state index < -0.39 is 0 Å². The number of hydrogen-bond acceptors (Lipinski definition) is 6. The van der Waals surface area contributed by atoms with E-state index in [2.05, 4.69) is 115 Å². The molecule has 0 N–H and O–H groups in total. The van der Waals surface area contributed by atoms with Gasteiger partial charge in [-0.2, -0.15) is 0 Å². The molecule has 0 saturated heterocycles. The summed E-state index contributed by atoms with van der Waals surface area (Å²) in [5, 5.41) is 2.99. The van der Waals surface area contributed by atoms with Gasteiger partial charge in [-0.25, -0.2) is 19.9 Å². The normalized spacial score (nSPS) is 11.5. The lowest BCUT2D eigenvalue weighted by atomic mass is 9.99. The molecule has 0 saturated carbocycles. The third kappa shape index (κ3) is 5.34. The second kappa shape index (κ2) is 12.5. The minimum Gasteiger partial charge on any atom is -0.455 e. The standard InChI is InChI=1S/C46H28N4OS/c1-3-11-29(12-4-1)30-21-25-33(26-22-30)44-48-43(32-13-5-2-6-14-32)49-45(50-44)37-17-10-19-39-41(37)36-16-9-15-35(42(36)51-39)31-23-27-34(28-24-31)46-47-38-18-7-8-20-40(38)52-46/h1-28H. The number of furan rings is 1. The molecule has 0 aliphatic rings. The molecule has 7 aromatic carbocycles. The Bertz CT molecular complexity index is 2850. The van der Waals surface area contributed by atoms with Gasteiger partial charge in [-0.3, -0.25) is 0 Å². The van der Waals surface area contributed by atoms with Crippen LogP contribution < -0.4 is 0 Å². The zero-order valence-corrected chi connectivity index (χ0v) is 28.6. The summed E-state index contributed by atoms with van der Waals surface area (Å²) in [4.78, 5) is 20.0. The van der Waals surface area contributed by atoms with Crippen molar-refractivity contribution in [2.45, 2.75) is 0 Å². The molecule has 10 rings (SSSR count). The van der Waals surface area contributed by atoms with Crippen LogP contribution in [0.1, 0.15) is 0 Å². The first kappa shape index (κ1) is 30.1. The Hall–Kier alpha value is -6.76. The summed E-state index contributed by atoms with van der Waals surface area (Å²) in [5.74, 6) is 1.82. The number of para-hydroxylation sites is 2. The number of aromatic nitrogens is 4. The number of fused-ring (bicyclic) bond motifs is 4. The molecule has 6 heteroatoms. The molecule has 0 atom stereocenters. The van der Waals surface area contributed by atoms with Crippen LogP contribution in [0.4, 0.5) is 0 Å². The fourth-order valence-corrected chi connectivity index (χ4v) is 7.80. The lowest BCUT2D eigenvalue weighted by molar-refractivity contribution is 0.670. The summed E-state index contributed by atoms with van der Waals surface area (Å²) in [6.07, 6.45) is 0. The number of hydrogen-bond donors (Lipinski definition) is 0. The molecule has 5 nitrogen and oxygen atoms in total. The Kier molecular flexibility index (Phi) is 7.25. The second-order valence-corrected chi connectivity index (χ2v) is 13.7. The highest BCUT2D eigenvalue weighted by molar-refractivity contribution is 7.21. The summed E-state index contributed by atoms with van der Waals surface area (Å²) in [6, 6.07) is 58.1. The average Bonchev–Trinajstić information content (AvgIpc) is 3.84. The summed E-state index contributed by atoms with van der Waals surface area (Å²) in [6.45, 7) is 0. The average molecular weight is 685 g/mol. The summed E-state index contributed by atoms with van der Waals surface area (Å²) >= 11 is 1.71. The Morgan fingerprint density at radius 2 is 0.942 bits per heavy atom. The van der Waals surface area contributed by atoms with Crippen LogP contribution >= 0.6 is 11.3 Å². The molecule has 0 bridgehead atoms. The summed E-state index contributed by atoms with van der Waals surface area (Å²) in [5.41, 5.74) is 10.9. The first-order valence-electron chi connectivity index (χ1n) is 17.1. The van der Waals surface area contributed by atoms with Gasteiger partial charge in [-0.1, -0.05) is 152 Å². The molecule has 0 aliphatic carbocycles. The minimum atomic E-state index is 0.592. The van der Waals surface area contributed by atoms with Gasteiger partial charge in [-0.15, -0.1) is 11.3 Å². The van der Waals surface area contributed by atoms with Crippen molar-refractivity contribution in [3.8, 4) is 67.0 Å².